The smallest absolute Gasteiger partial charge is 0.406 e. The minimum atomic E-state index is -4.78. The molecule has 5 rings (SSSR count). The molecule has 0 spiro atoms. The van der Waals surface area contributed by atoms with E-state index in [-0.39, 0.29) is 11.5 Å². The van der Waals surface area contributed by atoms with Gasteiger partial charge in [0.25, 0.3) is 5.91 Å². The van der Waals surface area contributed by atoms with Gasteiger partial charge < -0.3 is 10.1 Å². The van der Waals surface area contributed by atoms with Crippen molar-refractivity contribution in [2.24, 2.45) is 17.8 Å². The number of fused-ring (bicyclic) bond motifs is 2. The van der Waals surface area contributed by atoms with Crippen LogP contribution in [0.4, 0.5) is 13.2 Å². The standard InChI is InChI=1S/C24H22F3N3O2/c25-24(26,27)32-18-5-1-3-17(10-18)23(31)29-11-19-20-13-30(14-21(19)20)12-15-6-7-16-4-2-8-28-22(16)9-15/h1-10,19-21H,11-14H2,(H,29,31). The Morgan fingerprint density at radius 1 is 1.09 bits per heavy atom. The Morgan fingerprint density at radius 2 is 1.91 bits per heavy atom. The zero-order valence-corrected chi connectivity index (χ0v) is 17.2. The summed E-state index contributed by atoms with van der Waals surface area (Å²) in [5.74, 6) is 0.738. The van der Waals surface area contributed by atoms with Crippen LogP contribution in [-0.4, -0.2) is 41.8 Å². The summed E-state index contributed by atoms with van der Waals surface area (Å²) < 4.78 is 41.0. The number of rotatable bonds is 6. The quantitative estimate of drug-likeness (QED) is 0.622. The van der Waals surface area contributed by atoms with Crippen molar-refractivity contribution >= 4 is 16.8 Å². The summed E-state index contributed by atoms with van der Waals surface area (Å²) in [4.78, 5) is 19.2. The van der Waals surface area contributed by atoms with E-state index in [0.717, 1.165) is 36.6 Å². The number of hydrogen-bond acceptors (Lipinski definition) is 4. The largest absolute Gasteiger partial charge is 0.573 e. The minimum Gasteiger partial charge on any atom is -0.406 e. The van der Waals surface area contributed by atoms with Crippen LogP contribution >= 0.6 is 0 Å². The van der Waals surface area contributed by atoms with Gasteiger partial charge in [0.1, 0.15) is 5.75 Å². The van der Waals surface area contributed by atoms with Gasteiger partial charge in [0.05, 0.1) is 5.52 Å². The molecule has 32 heavy (non-hydrogen) atoms. The Hall–Kier alpha value is -3.13. The molecule has 1 saturated carbocycles. The van der Waals surface area contributed by atoms with Gasteiger partial charge in [-0.2, -0.15) is 0 Å². The number of carbonyl (C=O) groups excluding carboxylic acids is 1. The van der Waals surface area contributed by atoms with Crippen molar-refractivity contribution in [3.63, 3.8) is 0 Å². The predicted octanol–water partition coefficient (Wildman–Crippen LogP) is 4.24. The molecule has 2 aromatic carbocycles. The molecule has 2 atom stereocenters. The highest BCUT2D eigenvalue weighted by Gasteiger charge is 2.55. The maximum atomic E-state index is 12.4. The van der Waals surface area contributed by atoms with E-state index in [1.807, 2.05) is 6.07 Å². The SMILES string of the molecule is O=C(NCC1C2CN(Cc3ccc4cccnc4c3)CC12)c1cccc(OC(F)(F)F)c1. The molecular formula is C24H22F3N3O2. The predicted molar refractivity (Wildman–Crippen MR) is 113 cm³/mol. The number of amides is 1. The number of hydrogen-bond donors (Lipinski definition) is 1. The van der Waals surface area contributed by atoms with Gasteiger partial charge in [-0.3, -0.25) is 14.7 Å². The number of piperidine rings is 1. The summed E-state index contributed by atoms with van der Waals surface area (Å²) in [6.07, 6.45) is -2.98. The molecule has 0 bridgehead atoms. The lowest BCUT2D eigenvalue weighted by Crippen LogP contribution is -2.30. The Bertz CT molecular complexity index is 1140. The van der Waals surface area contributed by atoms with E-state index < -0.39 is 12.1 Å². The highest BCUT2D eigenvalue weighted by atomic mass is 19.4. The van der Waals surface area contributed by atoms with Crippen LogP contribution in [0.2, 0.25) is 0 Å². The third-order valence-electron chi connectivity index (χ3n) is 6.35. The second-order valence-electron chi connectivity index (χ2n) is 8.50. The molecule has 3 aromatic rings. The van der Waals surface area contributed by atoms with E-state index in [2.05, 4.69) is 44.2 Å². The molecule has 1 saturated heterocycles. The molecule has 2 unspecified atom stereocenters. The zero-order valence-electron chi connectivity index (χ0n) is 17.2. The fourth-order valence-electron chi connectivity index (χ4n) is 4.78. The fraction of sp³-hybridized carbons (Fsp3) is 0.333. The molecule has 1 aliphatic carbocycles. The van der Waals surface area contributed by atoms with Crippen molar-refractivity contribution in [3.8, 4) is 5.75 Å². The average Bonchev–Trinajstić information content (AvgIpc) is 3.21. The fourth-order valence-corrected chi connectivity index (χ4v) is 4.78. The molecule has 1 aliphatic heterocycles. The molecule has 166 valence electrons. The van der Waals surface area contributed by atoms with Gasteiger partial charge >= 0.3 is 6.36 Å². The molecule has 2 aliphatic rings. The van der Waals surface area contributed by atoms with Crippen molar-refractivity contribution in [1.82, 2.24) is 15.2 Å². The summed E-state index contributed by atoms with van der Waals surface area (Å²) in [6, 6.07) is 15.5. The lowest BCUT2D eigenvalue weighted by Gasteiger charge is -2.20. The Kier molecular flexibility index (Phi) is 5.25. The van der Waals surface area contributed by atoms with E-state index in [1.165, 1.54) is 23.8 Å². The first-order chi connectivity index (χ1) is 15.4. The molecule has 0 radical (unpaired) electrons. The number of nitrogens with zero attached hydrogens (tertiary/aromatic N) is 2. The first-order valence-corrected chi connectivity index (χ1v) is 10.6. The Labute approximate surface area is 183 Å². The van der Waals surface area contributed by atoms with Gasteiger partial charge in [-0.1, -0.05) is 24.3 Å². The van der Waals surface area contributed by atoms with Crippen LogP contribution in [0.15, 0.2) is 60.8 Å². The van der Waals surface area contributed by atoms with Gasteiger partial charge in [-0.05, 0) is 53.6 Å². The van der Waals surface area contributed by atoms with E-state index >= 15 is 0 Å². The normalized spacial score (nSPS) is 22.5. The Morgan fingerprint density at radius 3 is 2.69 bits per heavy atom. The second kappa shape index (κ2) is 8.09. The van der Waals surface area contributed by atoms with Crippen molar-refractivity contribution < 1.29 is 22.7 Å². The summed E-state index contributed by atoms with van der Waals surface area (Å²) in [6.45, 7) is 3.39. The van der Waals surface area contributed by atoms with Crippen LogP contribution in [0.1, 0.15) is 15.9 Å². The monoisotopic (exact) mass is 441 g/mol. The van der Waals surface area contributed by atoms with E-state index in [1.54, 1.807) is 6.20 Å². The second-order valence-corrected chi connectivity index (χ2v) is 8.50. The molecule has 5 nitrogen and oxygen atoms in total. The maximum absolute atomic E-state index is 12.4. The summed E-state index contributed by atoms with van der Waals surface area (Å²) >= 11 is 0. The number of halogens is 3. The van der Waals surface area contributed by atoms with Gasteiger partial charge in [0, 0.05) is 43.3 Å². The van der Waals surface area contributed by atoms with Gasteiger partial charge in [-0.25, -0.2) is 0 Å². The number of alkyl halides is 3. The van der Waals surface area contributed by atoms with Crippen LogP contribution in [-0.2, 0) is 6.54 Å². The molecule has 8 heteroatoms. The van der Waals surface area contributed by atoms with Crippen molar-refractivity contribution in [2.45, 2.75) is 12.9 Å². The van der Waals surface area contributed by atoms with Crippen LogP contribution in [0.25, 0.3) is 10.9 Å². The van der Waals surface area contributed by atoms with Gasteiger partial charge in [0.2, 0.25) is 0 Å². The number of pyridine rings is 1. The minimum absolute atomic E-state index is 0.157. The van der Waals surface area contributed by atoms with E-state index in [4.69, 9.17) is 0 Å². The van der Waals surface area contributed by atoms with Crippen LogP contribution in [0.5, 0.6) is 5.75 Å². The van der Waals surface area contributed by atoms with Gasteiger partial charge in [-0.15, -0.1) is 13.2 Å². The zero-order chi connectivity index (χ0) is 22.3. The first kappa shape index (κ1) is 20.8. The topological polar surface area (TPSA) is 54.5 Å². The number of aromatic nitrogens is 1. The summed E-state index contributed by atoms with van der Waals surface area (Å²) in [5.41, 5.74) is 2.40. The molecular weight excluding hydrogens is 419 g/mol. The van der Waals surface area contributed by atoms with Crippen molar-refractivity contribution in [3.05, 3.63) is 71.9 Å². The third-order valence-corrected chi connectivity index (χ3v) is 6.35. The van der Waals surface area contributed by atoms with E-state index in [0.29, 0.717) is 24.3 Å². The van der Waals surface area contributed by atoms with Crippen LogP contribution < -0.4 is 10.1 Å². The number of carbonyl (C=O) groups is 1. The summed E-state index contributed by atoms with van der Waals surface area (Å²) in [7, 11) is 0. The molecule has 1 N–H and O–H groups in total. The molecule has 2 fully saturated rings. The maximum Gasteiger partial charge on any atom is 0.573 e. The number of nitrogens with one attached hydrogen (secondary N) is 1. The van der Waals surface area contributed by atoms with E-state index in [9.17, 15) is 18.0 Å². The van der Waals surface area contributed by atoms with Crippen LogP contribution in [0, 0.1) is 17.8 Å². The number of ether oxygens (including phenoxy) is 1. The van der Waals surface area contributed by atoms with Gasteiger partial charge in [0.15, 0.2) is 0 Å². The Balaban J connectivity index is 1.10. The van der Waals surface area contributed by atoms with Crippen LogP contribution in [0.3, 0.4) is 0 Å². The third kappa shape index (κ3) is 4.55. The first-order valence-electron chi connectivity index (χ1n) is 10.6. The highest BCUT2D eigenvalue weighted by Crippen LogP contribution is 2.51. The lowest BCUT2D eigenvalue weighted by molar-refractivity contribution is -0.274. The van der Waals surface area contributed by atoms with Crippen molar-refractivity contribution in [1.29, 1.82) is 0 Å². The van der Waals surface area contributed by atoms with Crippen molar-refractivity contribution in [2.75, 3.05) is 19.6 Å². The average molecular weight is 441 g/mol. The molecule has 2 heterocycles. The summed E-state index contributed by atoms with van der Waals surface area (Å²) in [5, 5.41) is 3.99. The number of likely N-dealkylation sites (tertiary alicyclic amines) is 1. The highest BCUT2D eigenvalue weighted by molar-refractivity contribution is 5.94. The molecule has 1 amide bonds. The number of benzene rings is 2. The lowest BCUT2D eigenvalue weighted by atomic mass is 10.1. The molecule has 1 aromatic heterocycles.